The maximum atomic E-state index is 12.2. The Balaban J connectivity index is 2.05. The number of carboxylic acid groups (broad SMARTS) is 1. The summed E-state index contributed by atoms with van der Waals surface area (Å²) in [7, 11) is 0. The van der Waals surface area contributed by atoms with E-state index in [0.717, 1.165) is 12.1 Å². The van der Waals surface area contributed by atoms with Crippen molar-refractivity contribution in [3.63, 3.8) is 0 Å². The molecule has 20 heavy (non-hydrogen) atoms. The van der Waals surface area contributed by atoms with E-state index in [2.05, 4.69) is 15.5 Å². The second kappa shape index (κ2) is 5.26. The first kappa shape index (κ1) is 14.6. The van der Waals surface area contributed by atoms with Gasteiger partial charge in [0.25, 0.3) is 0 Å². The highest BCUT2D eigenvalue weighted by Gasteiger charge is 2.38. The van der Waals surface area contributed by atoms with E-state index >= 15 is 0 Å². The molecule has 2 rings (SSSR count). The van der Waals surface area contributed by atoms with Crippen molar-refractivity contribution in [3.05, 3.63) is 11.8 Å². The van der Waals surface area contributed by atoms with Gasteiger partial charge in [0.15, 0.2) is 5.82 Å². The standard InChI is InChI=1S/C14H21N3O3/c1-14(2,3)10-7-11(17-16-10)15-12(18)8-5-4-6-9(8)13(19)20/h7-9H,4-6H2,1-3H3,(H,19,20)(H2,15,16,17,18). The molecular formula is C14H21N3O3. The number of aromatic amines is 1. The molecule has 0 radical (unpaired) electrons. The minimum atomic E-state index is -0.889. The minimum Gasteiger partial charge on any atom is -0.481 e. The highest BCUT2D eigenvalue weighted by atomic mass is 16.4. The summed E-state index contributed by atoms with van der Waals surface area (Å²) < 4.78 is 0. The first-order chi connectivity index (χ1) is 9.29. The van der Waals surface area contributed by atoms with Gasteiger partial charge in [0.05, 0.1) is 11.8 Å². The van der Waals surface area contributed by atoms with Gasteiger partial charge in [0.2, 0.25) is 5.91 Å². The zero-order valence-corrected chi connectivity index (χ0v) is 12.1. The van der Waals surface area contributed by atoms with Crippen molar-refractivity contribution >= 4 is 17.7 Å². The van der Waals surface area contributed by atoms with Crippen LogP contribution in [0.2, 0.25) is 0 Å². The van der Waals surface area contributed by atoms with Gasteiger partial charge in [-0.3, -0.25) is 14.7 Å². The molecule has 1 aromatic heterocycles. The fourth-order valence-corrected chi connectivity index (χ4v) is 2.56. The molecular weight excluding hydrogens is 258 g/mol. The molecule has 1 saturated carbocycles. The Morgan fingerprint density at radius 3 is 2.55 bits per heavy atom. The van der Waals surface area contributed by atoms with E-state index in [0.29, 0.717) is 18.7 Å². The summed E-state index contributed by atoms with van der Waals surface area (Å²) >= 11 is 0. The monoisotopic (exact) mass is 279 g/mol. The lowest BCUT2D eigenvalue weighted by Gasteiger charge is -2.15. The van der Waals surface area contributed by atoms with Gasteiger partial charge in [0.1, 0.15) is 0 Å². The third-order valence-corrected chi connectivity index (χ3v) is 3.81. The van der Waals surface area contributed by atoms with Crippen LogP contribution in [0.3, 0.4) is 0 Å². The van der Waals surface area contributed by atoms with Crippen LogP contribution in [-0.4, -0.2) is 27.2 Å². The highest BCUT2D eigenvalue weighted by molar-refractivity contribution is 5.94. The van der Waals surface area contributed by atoms with Gasteiger partial charge < -0.3 is 10.4 Å². The van der Waals surface area contributed by atoms with Gasteiger partial charge in [-0.15, -0.1) is 0 Å². The quantitative estimate of drug-likeness (QED) is 0.790. The molecule has 0 saturated heterocycles. The summed E-state index contributed by atoms with van der Waals surface area (Å²) in [6.07, 6.45) is 1.98. The van der Waals surface area contributed by atoms with Crippen LogP contribution in [0.5, 0.6) is 0 Å². The molecule has 1 aliphatic rings. The van der Waals surface area contributed by atoms with E-state index in [4.69, 9.17) is 5.11 Å². The van der Waals surface area contributed by atoms with E-state index in [1.807, 2.05) is 20.8 Å². The molecule has 110 valence electrons. The van der Waals surface area contributed by atoms with Gasteiger partial charge in [-0.1, -0.05) is 27.2 Å². The molecule has 2 unspecified atom stereocenters. The Hall–Kier alpha value is -1.85. The van der Waals surface area contributed by atoms with Crippen LogP contribution < -0.4 is 5.32 Å². The summed E-state index contributed by atoms with van der Waals surface area (Å²) in [5.41, 5.74) is 0.849. The van der Waals surface area contributed by atoms with Gasteiger partial charge >= 0.3 is 5.97 Å². The number of rotatable bonds is 3. The number of aromatic nitrogens is 2. The van der Waals surface area contributed by atoms with Crippen molar-refractivity contribution in [2.75, 3.05) is 5.32 Å². The molecule has 1 heterocycles. The predicted octanol–water partition coefficient (Wildman–Crippen LogP) is 2.15. The summed E-state index contributed by atoms with van der Waals surface area (Å²) in [6, 6.07) is 1.79. The van der Waals surface area contributed by atoms with Crippen molar-refractivity contribution in [2.24, 2.45) is 11.8 Å². The van der Waals surface area contributed by atoms with Crippen LogP contribution in [0.1, 0.15) is 45.7 Å². The minimum absolute atomic E-state index is 0.0765. The Morgan fingerprint density at radius 2 is 2.00 bits per heavy atom. The van der Waals surface area contributed by atoms with Crippen LogP contribution in [0.15, 0.2) is 6.07 Å². The van der Waals surface area contributed by atoms with E-state index < -0.39 is 17.8 Å². The van der Waals surface area contributed by atoms with Crippen LogP contribution in [-0.2, 0) is 15.0 Å². The van der Waals surface area contributed by atoms with Gasteiger partial charge in [0, 0.05) is 17.2 Å². The molecule has 1 fully saturated rings. The summed E-state index contributed by atoms with van der Waals surface area (Å²) in [4.78, 5) is 23.3. The van der Waals surface area contributed by atoms with E-state index in [-0.39, 0.29) is 11.3 Å². The van der Waals surface area contributed by atoms with Crippen molar-refractivity contribution in [1.29, 1.82) is 0 Å². The van der Waals surface area contributed by atoms with E-state index in [1.54, 1.807) is 6.07 Å². The molecule has 0 spiro atoms. The molecule has 0 aliphatic heterocycles. The van der Waals surface area contributed by atoms with Gasteiger partial charge in [-0.2, -0.15) is 5.10 Å². The fourth-order valence-electron chi connectivity index (χ4n) is 2.56. The third kappa shape index (κ3) is 3.00. The lowest BCUT2D eigenvalue weighted by molar-refractivity contribution is -0.145. The largest absolute Gasteiger partial charge is 0.481 e. The SMILES string of the molecule is CC(C)(C)c1cc(NC(=O)C2CCCC2C(=O)O)n[nH]1. The Kier molecular flexibility index (Phi) is 3.83. The van der Waals surface area contributed by atoms with Gasteiger partial charge in [-0.25, -0.2) is 0 Å². The zero-order chi connectivity index (χ0) is 14.9. The summed E-state index contributed by atoms with van der Waals surface area (Å²) in [6.45, 7) is 6.14. The topological polar surface area (TPSA) is 95.1 Å². The number of H-pyrrole nitrogens is 1. The zero-order valence-electron chi connectivity index (χ0n) is 12.1. The number of nitrogens with zero attached hydrogens (tertiary/aromatic N) is 1. The number of carbonyl (C=O) groups is 2. The second-order valence-corrected chi connectivity index (χ2v) is 6.39. The lowest BCUT2D eigenvalue weighted by Crippen LogP contribution is -2.30. The number of anilines is 1. The van der Waals surface area contributed by atoms with Crippen LogP contribution in [0, 0.1) is 11.8 Å². The van der Waals surface area contributed by atoms with Gasteiger partial charge in [-0.05, 0) is 12.8 Å². The summed E-state index contributed by atoms with van der Waals surface area (Å²) in [5, 5.41) is 18.8. The third-order valence-electron chi connectivity index (χ3n) is 3.81. The maximum absolute atomic E-state index is 12.2. The van der Waals surface area contributed by atoms with Crippen molar-refractivity contribution < 1.29 is 14.7 Å². The van der Waals surface area contributed by atoms with Crippen molar-refractivity contribution in [1.82, 2.24) is 10.2 Å². The number of carboxylic acids is 1. The average molecular weight is 279 g/mol. The molecule has 2 atom stereocenters. The lowest BCUT2D eigenvalue weighted by atomic mass is 9.92. The smallest absolute Gasteiger partial charge is 0.307 e. The second-order valence-electron chi connectivity index (χ2n) is 6.39. The fraction of sp³-hybridized carbons (Fsp3) is 0.643. The number of carbonyl (C=O) groups excluding carboxylic acids is 1. The number of aliphatic carboxylic acids is 1. The average Bonchev–Trinajstić information content (AvgIpc) is 2.95. The normalized spacial score (nSPS) is 22.8. The molecule has 0 aromatic carbocycles. The predicted molar refractivity (Wildman–Crippen MR) is 74.4 cm³/mol. The Labute approximate surface area is 118 Å². The number of amides is 1. The van der Waals surface area contributed by atoms with E-state index in [1.165, 1.54) is 0 Å². The van der Waals surface area contributed by atoms with Crippen molar-refractivity contribution in [2.45, 2.75) is 45.4 Å². The molecule has 1 amide bonds. The first-order valence-electron chi connectivity index (χ1n) is 6.88. The molecule has 3 N–H and O–H groups in total. The van der Waals surface area contributed by atoms with Crippen LogP contribution in [0.25, 0.3) is 0 Å². The van der Waals surface area contributed by atoms with Crippen molar-refractivity contribution in [3.8, 4) is 0 Å². The molecule has 6 nitrogen and oxygen atoms in total. The molecule has 0 bridgehead atoms. The maximum Gasteiger partial charge on any atom is 0.307 e. The molecule has 6 heteroatoms. The number of hydrogen-bond acceptors (Lipinski definition) is 3. The molecule has 1 aliphatic carbocycles. The van der Waals surface area contributed by atoms with E-state index in [9.17, 15) is 9.59 Å². The number of hydrogen-bond donors (Lipinski definition) is 3. The summed E-state index contributed by atoms with van der Waals surface area (Å²) in [5.74, 6) is -1.71. The Morgan fingerprint density at radius 1 is 1.35 bits per heavy atom. The Bertz CT molecular complexity index is 516. The van der Waals surface area contributed by atoms with Crippen LogP contribution >= 0.6 is 0 Å². The van der Waals surface area contributed by atoms with Crippen LogP contribution in [0.4, 0.5) is 5.82 Å². The molecule has 1 aromatic rings. The highest BCUT2D eigenvalue weighted by Crippen LogP contribution is 2.33. The first-order valence-corrected chi connectivity index (χ1v) is 6.88. The number of nitrogens with one attached hydrogen (secondary N) is 2.